The lowest BCUT2D eigenvalue weighted by Gasteiger charge is -2.28. The molecule has 22 heteroatoms. The molecule has 2 aliphatic heterocycles. The first kappa shape index (κ1) is 55.0. The number of benzene rings is 2. The number of hydrogen-bond donors (Lipinski definition) is 4. The first-order chi connectivity index (χ1) is 33.2. The molecule has 4 N–H and O–H groups in total. The van der Waals surface area contributed by atoms with Crippen molar-refractivity contribution < 1.29 is 52.0 Å². The molecule has 5 rings (SSSR count). The Morgan fingerprint density at radius 3 is 2.38 bits per heavy atom. The number of anilines is 1. The molecule has 0 saturated carbocycles. The first-order valence-corrected chi connectivity index (χ1v) is 26.1. The van der Waals surface area contributed by atoms with Gasteiger partial charge in [-0.05, 0) is 70.8 Å². The molecule has 1 saturated heterocycles. The summed E-state index contributed by atoms with van der Waals surface area (Å²) in [4.78, 5) is 77.4. The Morgan fingerprint density at radius 2 is 1.61 bits per heavy atom. The number of aromatic nitrogens is 3. The zero-order chi connectivity index (χ0) is 49.8. The van der Waals surface area contributed by atoms with Crippen molar-refractivity contribution in [2.45, 2.75) is 135 Å². The van der Waals surface area contributed by atoms with Gasteiger partial charge in [0.1, 0.15) is 27.5 Å². The maximum Gasteiger partial charge on any atom is 0.472 e. The Morgan fingerprint density at radius 1 is 0.899 bits per heavy atom. The van der Waals surface area contributed by atoms with Crippen LogP contribution in [0.3, 0.4) is 0 Å². The van der Waals surface area contributed by atoms with Crippen LogP contribution in [0.5, 0.6) is 0 Å². The van der Waals surface area contributed by atoms with Crippen molar-refractivity contribution in [1.82, 2.24) is 35.8 Å². The lowest BCUT2D eigenvalue weighted by atomic mass is 9.95. The van der Waals surface area contributed by atoms with Crippen LogP contribution < -0.4 is 20.9 Å². The molecule has 0 bridgehead atoms. The number of aryl methyl sites for hydroxylation is 1. The SMILES string of the molecule is BCC(=O)N(CCNC(=O)CCCCCn1nnc2c1-c1ccccc1CN(C(=O)CCC(=O)NCCCCCCOP(=O)(O)OC1C[C@H](B)O[C@@H]1COC(C)C)c1ccccc1-2)CC(=O)NCC. The average molecular weight is 977 g/mol. The molecule has 1 aromatic heterocycles. The fraction of sp³-hybridized carbons (Fsp3) is 0.596. The predicted octanol–water partition coefficient (Wildman–Crippen LogP) is 3.28. The van der Waals surface area contributed by atoms with Crippen molar-refractivity contribution in [2.24, 2.45) is 0 Å². The number of unbranched alkanes of at least 4 members (excludes halogenated alkanes) is 5. The number of phosphoric ester groups is 1. The number of nitrogens with zero attached hydrogens (tertiary/aromatic N) is 5. The van der Waals surface area contributed by atoms with Gasteiger partial charge in [0, 0.05) is 69.1 Å². The number of amides is 5. The third-order valence-electron chi connectivity index (χ3n) is 11.9. The minimum absolute atomic E-state index is 0.00207. The predicted molar refractivity (Wildman–Crippen MR) is 266 cm³/mol. The van der Waals surface area contributed by atoms with E-state index >= 15 is 0 Å². The van der Waals surface area contributed by atoms with E-state index in [1.807, 2.05) is 81.8 Å². The number of nitrogens with one attached hydrogen (secondary N) is 3. The topological polar surface area (TPSA) is 233 Å². The molecule has 4 atom stereocenters. The van der Waals surface area contributed by atoms with Crippen LogP contribution in [0.2, 0.25) is 6.32 Å². The molecule has 0 aliphatic carbocycles. The summed E-state index contributed by atoms with van der Waals surface area (Å²) < 4.78 is 36.6. The van der Waals surface area contributed by atoms with Crippen molar-refractivity contribution in [3.05, 3.63) is 54.1 Å². The quantitative estimate of drug-likeness (QED) is 0.0445. The second kappa shape index (κ2) is 28.1. The zero-order valence-electron chi connectivity index (χ0n) is 41.0. The largest absolute Gasteiger partial charge is 0.472 e. The number of para-hydroxylation sites is 1. The molecular formula is C47H71B2N8O11P. The number of hydrogen-bond acceptors (Lipinski definition) is 12. The highest BCUT2D eigenvalue weighted by Crippen LogP contribution is 2.47. The van der Waals surface area contributed by atoms with E-state index in [2.05, 4.69) is 26.3 Å². The number of phosphoric acid groups is 1. The van der Waals surface area contributed by atoms with Crippen molar-refractivity contribution in [3.8, 4) is 22.5 Å². The summed E-state index contributed by atoms with van der Waals surface area (Å²) in [5.74, 6) is -0.908. The van der Waals surface area contributed by atoms with E-state index in [0.717, 1.165) is 48.1 Å². The molecular weight excluding hydrogens is 905 g/mol. The van der Waals surface area contributed by atoms with Crippen LogP contribution in [0.4, 0.5) is 5.69 Å². The molecule has 2 aliphatic rings. The standard InChI is InChI=1S/C47H71B2N8O11P/c1-4-50-43(60)31-55(45(62)29-48)26-24-52-41(58)20-8-7-14-25-57-47-35-17-10-9-16-34(35)30-56(37-19-12-11-18-36(37)46(47)53-54-57)44(61)22-21-42(59)51-23-13-5-6-15-27-66-69(63,64)68-38-28-40(49)67-39(38)32-65-33(2)3/h9-12,16-19,33,38-40H,4-8,13-15,20-32,48-49H2,1-3H3,(H,50,60)(H,51,59)(H,52,58)(H,63,64)/t38?,39-,40-/m1/s1. The van der Waals surface area contributed by atoms with E-state index in [1.165, 1.54) is 4.90 Å². The molecule has 69 heavy (non-hydrogen) atoms. The van der Waals surface area contributed by atoms with Gasteiger partial charge in [0.25, 0.3) is 0 Å². The number of rotatable bonds is 29. The highest BCUT2D eigenvalue weighted by molar-refractivity contribution is 7.47. The number of carbonyl (C=O) groups excluding carboxylic acids is 5. The van der Waals surface area contributed by atoms with E-state index in [1.54, 1.807) is 12.7 Å². The molecule has 1 fully saturated rings. The average Bonchev–Trinajstić information content (AvgIpc) is 3.89. The molecule has 0 spiro atoms. The third-order valence-corrected chi connectivity index (χ3v) is 12.9. The van der Waals surface area contributed by atoms with E-state index in [4.69, 9.17) is 18.5 Å². The Labute approximate surface area is 407 Å². The van der Waals surface area contributed by atoms with Gasteiger partial charge >= 0.3 is 7.82 Å². The normalized spacial score (nSPS) is 17.2. The Balaban J connectivity index is 1.05. The van der Waals surface area contributed by atoms with Crippen LogP contribution in [-0.2, 0) is 60.1 Å². The second-order valence-electron chi connectivity index (χ2n) is 17.8. The number of ether oxygens (including phenoxy) is 2. The van der Waals surface area contributed by atoms with E-state index in [-0.39, 0.29) is 100 Å². The van der Waals surface area contributed by atoms with Gasteiger partial charge in [-0.25, -0.2) is 9.25 Å². The minimum atomic E-state index is -4.28. The summed E-state index contributed by atoms with van der Waals surface area (Å²) in [6.07, 6.45) is 4.98. The lowest BCUT2D eigenvalue weighted by molar-refractivity contribution is -0.134. The highest BCUT2D eigenvalue weighted by Gasteiger charge is 2.39. The maximum absolute atomic E-state index is 14.0. The van der Waals surface area contributed by atoms with Crippen molar-refractivity contribution >= 4 is 58.7 Å². The van der Waals surface area contributed by atoms with Gasteiger partial charge < -0.3 is 40.1 Å². The van der Waals surface area contributed by atoms with Gasteiger partial charge in [0.15, 0.2) is 0 Å². The molecule has 0 radical (unpaired) electrons. The van der Waals surface area contributed by atoms with Crippen LogP contribution in [0.25, 0.3) is 22.5 Å². The highest BCUT2D eigenvalue weighted by atomic mass is 31.2. The minimum Gasteiger partial charge on any atom is -0.379 e. The monoisotopic (exact) mass is 977 g/mol. The van der Waals surface area contributed by atoms with Gasteiger partial charge in [0.2, 0.25) is 29.5 Å². The van der Waals surface area contributed by atoms with E-state index < -0.39 is 20.0 Å². The van der Waals surface area contributed by atoms with Crippen LogP contribution in [-0.4, -0.2) is 140 Å². The van der Waals surface area contributed by atoms with Crippen molar-refractivity contribution in [2.75, 3.05) is 50.8 Å². The molecule has 3 heterocycles. The molecule has 2 unspecified atom stereocenters. The molecule has 2 aromatic carbocycles. The van der Waals surface area contributed by atoms with Crippen LogP contribution >= 0.6 is 7.82 Å². The summed E-state index contributed by atoms with van der Waals surface area (Å²) in [7, 11) is -0.652. The summed E-state index contributed by atoms with van der Waals surface area (Å²) in [5, 5.41) is 17.7. The summed E-state index contributed by atoms with van der Waals surface area (Å²) in [6, 6.07) is 15.4. The Hall–Kier alpha value is -4.91. The smallest absolute Gasteiger partial charge is 0.379 e. The Bertz CT molecular complexity index is 2220. The summed E-state index contributed by atoms with van der Waals surface area (Å²) in [6.45, 7) is 8.21. The van der Waals surface area contributed by atoms with Gasteiger partial charge in [-0.15, -0.1) is 5.10 Å². The van der Waals surface area contributed by atoms with Gasteiger partial charge in [-0.1, -0.05) is 66.9 Å². The van der Waals surface area contributed by atoms with Gasteiger partial charge in [-0.3, -0.25) is 33.0 Å². The maximum atomic E-state index is 14.0. The van der Waals surface area contributed by atoms with Gasteiger partial charge in [-0.2, -0.15) is 0 Å². The Kier molecular flexibility index (Phi) is 22.4. The first-order valence-electron chi connectivity index (χ1n) is 24.6. The van der Waals surface area contributed by atoms with E-state index in [9.17, 15) is 33.4 Å². The number of fused-ring (bicyclic) bond motifs is 5. The van der Waals surface area contributed by atoms with E-state index in [0.29, 0.717) is 63.1 Å². The lowest BCUT2D eigenvalue weighted by Crippen LogP contribution is -2.44. The van der Waals surface area contributed by atoms with Crippen LogP contribution in [0.15, 0.2) is 48.5 Å². The van der Waals surface area contributed by atoms with Crippen LogP contribution in [0, 0.1) is 0 Å². The molecule has 5 amide bonds. The number of carbonyl (C=O) groups is 5. The third kappa shape index (κ3) is 17.5. The fourth-order valence-electron chi connectivity index (χ4n) is 8.38. The fourth-order valence-corrected chi connectivity index (χ4v) is 9.36. The second-order valence-corrected chi connectivity index (χ2v) is 19.2. The van der Waals surface area contributed by atoms with Crippen molar-refractivity contribution in [3.63, 3.8) is 0 Å². The zero-order valence-corrected chi connectivity index (χ0v) is 41.9. The molecule has 3 aromatic rings. The van der Waals surface area contributed by atoms with Gasteiger partial charge in [0.05, 0.1) is 49.9 Å². The molecule has 376 valence electrons. The van der Waals surface area contributed by atoms with Crippen molar-refractivity contribution in [1.29, 1.82) is 0 Å². The number of likely N-dealkylation sites (N-methyl/N-ethyl adjacent to an activating group) is 1. The summed E-state index contributed by atoms with van der Waals surface area (Å²) in [5.41, 5.74) is 4.75. The molecule has 19 nitrogen and oxygen atoms in total. The van der Waals surface area contributed by atoms with Crippen LogP contribution in [0.1, 0.15) is 97.0 Å². The summed E-state index contributed by atoms with van der Waals surface area (Å²) >= 11 is 0.